The van der Waals surface area contributed by atoms with E-state index in [1.54, 1.807) is 11.8 Å². The number of hydrogen-bond acceptors (Lipinski definition) is 4. The zero-order valence-electron chi connectivity index (χ0n) is 13.9. The van der Waals surface area contributed by atoms with Crippen LogP contribution in [0.15, 0.2) is 29.2 Å². The number of nitrogens with one attached hydrogen (secondary N) is 1. The molecule has 0 spiro atoms. The molecule has 4 nitrogen and oxygen atoms in total. The Kier molecular flexibility index (Phi) is 5.62. The Balaban J connectivity index is 1.86. The molecule has 5 heteroatoms. The number of amides is 1. The molecule has 1 fully saturated rings. The number of piperidine rings is 1. The van der Waals surface area contributed by atoms with Crippen LogP contribution in [0.2, 0.25) is 0 Å². The third-order valence-corrected chi connectivity index (χ3v) is 4.41. The summed E-state index contributed by atoms with van der Waals surface area (Å²) in [7, 11) is 0. The number of carbonyl (C=O) groups is 1. The van der Waals surface area contributed by atoms with Gasteiger partial charge in [-0.1, -0.05) is 12.1 Å². The fourth-order valence-electron chi connectivity index (χ4n) is 2.52. The number of thioether (sulfide) groups is 1. The highest BCUT2D eigenvalue weighted by atomic mass is 32.2. The van der Waals surface area contributed by atoms with E-state index in [0.29, 0.717) is 6.04 Å². The lowest BCUT2D eigenvalue weighted by Crippen LogP contribution is -2.44. The maximum atomic E-state index is 12.1. The summed E-state index contributed by atoms with van der Waals surface area (Å²) < 4.78 is 5.43. The summed E-state index contributed by atoms with van der Waals surface area (Å²) in [5.41, 5.74) is 0.759. The molecule has 1 saturated heterocycles. The van der Waals surface area contributed by atoms with Crippen LogP contribution in [0.25, 0.3) is 0 Å². The second-order valence-electron chi connectivity index (χ2n) is 6.59. The van der Waals surface area contributed by atoms with E-state index in [9.17, 15) is 4.79 Å². The van der Waals surface area contributed by atoms with Crippen LogP contribution in [0.1, 0.15) is 33.6 Å². The van der Waals surface area contributed by atoms with Gasteiger partial charge in [0.15, 0.2) is 0 Å². The summed E-state index contributed by atoms with van der Waals surface area (Å²) in [6.45, 7) is 7.19. The molecule has 122 valence electrons. The summed E-state index contributed by atoms with van der Waals surface area (Å²) in [5.74, 6) is 0. The van der Waals surface area contributed by atoms with E-state index in [1.165, 1.54) is 10.6 Å². The first-order valence-electron chi connectivity index (χ1n) is 7.76. The zero-order chi connectivity index (χ0) is 16.2. The first-order chi connectivity index (χ1) is 10.4. The molecule has 0 atom stereocenters. The normalized spacial score (nSPS) is 16.5. The van der Waals surface area contributed by atoms with Crippen molar-refractivity contribution in [2.24, 2.45) is 0 Å². The zero-order valence-corrected chi connectivity index (χ0v) is 14.7. The molecule has 1 aliphatic heterocycles. The lowest BCUT2D eigenvalue weighted by molar-refractivity contribution is 0.0210. The molecule has 1 aromatic carbocycles. The summed E-state index contributed by atoms with van der Waals surface area (Å²) in [5, 5.41) is 3.61. The van der Waals surface area contributed by atoms with Gasteiger partial charge >= 0.3 is 6.09 Å². The minimum absolute atomic E-state index is 0.199. The van der Waals surface area contributed by atoms with Crippen LogP contribution in [-0.2, 0) is 4.74 Å². The van der Waals surface area contributed by atoms with E-state index < -0.39 is 5.60 Å². The Hall–Kier alpha value is -1.36. The Morgan fingerprint density at radius 1 is 1.27 bits per heavy atom. The van der Waals surface area contributed by atoms with Crippen LogP contribution < -0.4 is 5.32 Å². The molecule has 2 rings (SSSR count). The van der Waals surface area contributed by atoms with Crippen molar-refractivity contribution in [2.45, 2.75) is 50.2 Å². The number of anilines is 1. The molecular formula is C17H26N2O2S. The topological polar surface area (TPSA) is 41.6 Å². The Morgan fingerprint density at radius 2 is 1.91 bits per heavy atom. The van der Waals surface area contributed by atoms with Crippen LogP contribution in [0.4, 0.5) is 10.5 Å². The van der Waals surface area contributed by atoms with Crippen LogP contribution in [0, 0.1) is 0 Å². The van der Waals surface area contributed by atoms with Crippen molar-refractivity contribution in [2.75, 3.05) is 24.7 Å². The molecule has 1 amide bonds. The van der Waals surface area contributed by atoms with Gasteiger partial charge in [0, 0.05) is 29.7 Å². The van der Waals surface area contributed by atoms with Crippen LogP contribution in [-0.4, -0.2) is 42.0 Å². The van der Waals surface area contributed by atoms with Crippen LogP contribution in [0.5, 0.6) is 0 Å². The van der Waals surface area contributed by atoms with E-state index >= 15 is 0 Å². The standard InChI is InChI=1S/C17H26N2O2S/c1-17(2,3)21-16(20)19-11-9-13(10-12-19)18-14-7-5-6-8-15(14)22-4/h5-8,13,18H,9-12H2,1-4H3. The molecule has 1 N–H and O–H groups in total. The van der Waals surface area contributed by atoms with Gasteiger partial charge in [-0.2, -0.15) is 0 Å². The highest BCUT2D eigenvalue weighted by molar-refractivity contribution is 7.98. The molecule has 0 radical (unpaired) electrons. The van der Waals surface area contributed by atoms with Gasteiger partial charge in [-0.3, -0.25) is 0 Å². The molecule has 0 saturated carbocycles. The number of hydrogen-bond donors (Lipinski definition) is 1. The third-order valence-electron chi connectivity index (χ3n) is 3.61. The van der Waals surface area contributed by atoms with Crippen LogP contribution >= 0.6 is 11.8 Å². The van der Waals surface area contributed by atoms with Crippen molar-refractivity contribution in [3.8, 4) is 0 Å². The van der Waals surface area contributed by atoms with Crippen molar-refractivity contribution in [1.82, 2.24) is 4.90 Å². The molecule has 0 bridgehead atoms. The molecule has 22 heavy (non-hydrogen) atoms. The van der Waals surface area contributed by atoms with Crippen molar-refractivity contribution in [3.05, 3.63) is 24.3 Å². The minimum atomic E-state index is -0.427. The molecule has 0 aromatic heterocycles. The molecule has 1 aromatic rings. The van der Waals surface area contributed by atoms with E-state index in [4.69, 9.17) is 4.74 Å². The van der Waals surface area contributed by atoms with Crippen molar-refractivity contribution >= 4 is 23.5 Å². The number of likely N-dealkylation sites (tertiary alicyclic amines) is 1. The van der Waals surface area contributed by atoms with Gasteiger partial charge in [-0.05, 0) is 52.0 Å². The first kappa shape index (κ1) is 17.0. The fourth-order valence-corrected chi connectivity index (χ4v) is 3.08. The number of nitrogens with zero attached hydrogens (tertiary/aromatic N) is 1. The fraction of sp³-hybridized carbons (Fsp3) is 0.588. The second kappa shape index (κ2) is 7.27. The molecular weight excluding hydrogens is 296 g/mol. The van der Waals surface area contributed by atoms with Gasteiger partial charge in [0.25, 0.3) is 0 Å². The smallest absolute Gasteiger partial charge is 0.410 e. The Morgan fingerprint density at radius 3 is 2.50 bits per heavy atom. The highest BCUT2D eigenvalue weighted by Crippen LogP contribution is 2.27. The first-order valence-corrected chi connectivity index (χ1v) is 8.99. The average molecular weight is 322 g/mol. The van der Waals surface area contributed by atoms with E-state index in [0.717, 1.165) is 25.9 Å². The lowest BCUT2D eigenvalue weighted by Gasteiger charge is -2.34. The number of benzene rings is 1. The molecule has 0 aliphatic carbocycles. The molecule has 1 aliphatic rings. The Bertz CT molecular complexity index is 506. The second-order valence-corrected chi connectivity index (χ2v) is 7.43. The number of ether oxygens (including phenoxy) is 1. The summed E-state index contributed by atoms with van der Waals surface area (Å²) >= 11 is 1.75. The van der Waals surface area contributed by atoms with Crippen LogP contribution in [0.3, 0.4) is 0 Å². The number of rotatable bonds is 3. The monoisotopic (exact) mass is 322 g/mol. The summed E-state index contributed by atoms with van der Waals surface area (Å²) in [6, 6.07) is 8.77. The lowest BCUT2D eigenvalue weighted by atomic mass is 10.0. The van der Waals surface area contributed by atoms with Crippen molar-refractivity contribution in [1.29, 1.82) is 0 Å². The summed E-state index contributed by atoms with van der Waals surface area (Å²) in [6.07, 6.45) is 3.78. The van der Waals surface area contributed by atoms with Crippen molar-refractivity contribution < 1.29 is 9.53 Å². The minimum Gasteiger partial charge on any atom is -0.444 e. The van der Waals surface area contributed by atoms with Gasteiger partial charge in [-0.25, -0.2) is 4.79 Å². The van der Waals surface area contributed by atoms with Gasteiger partial charge in [0.05, 0.1) is 0 Å². The largest absolute Gasteiger partial charge is 0.444 e. The maximum Gasteiger partial charge on any atom is 0.410 e. The maximum absolute atomic E-state index is 12.1. The molecule has 1 heterocycles. The van der Waals surface area contributed by atoms with Crippen molar-refractivity contribution in [3.63, 3.8) is 0 Å². The van der Waals surface area contributed by atoms with E-state index in [-0.39, 0.29) is 6.09 Å². The number of carbonyl (C=O) groups excluding carboxylic acids is 1. The Labute approximate surface area is 137 Å². The summed E-state index contributed by atoms with van der Waals surface area (Å²) in [4.78, 5) is 15.1. The average Bonchev–Trinajstić information content (AvgIpc) is 2.47. The predicted molar refractivity (Wildman–Crippen MR) is 92.7 cm³/mol. The van der Waals surface area contributed by atoms with E-state index in [2.05, 4.69) is 35.8 Å². The van der Waals surface area contributed by atoms with Gasteiger partial charge < -0.3 is 15.0 Å². The van der Waals surface area contributed by atoms with Gasteiger partial charge in [-0.15, -0.1) is 11.8 Å². The van der Waals surface area contributed by atoms with Gasteiger partial charge in [0.1, 0.15) is 5.60 Å². The number of para-hydroxylation sites is 1. The predicted octanol–water partition coefficient (Wildman–Crippen LogP) is 4.22. The third kappa shape index (κ3) is 4.83. The molecule has 0 unspecified atom stereocenters. The SMILES string of the molecule is CSc1ccccc1NC1CCN(C(=O)OC(C)(C)C)CC1. The van der Waals surface area contributed by atoms with E-state index in [1.807, 2.05) is 25.7 Å². The highest BCUT2D eigenvalue weighted by Gasteiger charge is 2.26. The van der Waals surface area contributed by atoms with Gasteiger partial charge in [0.2, 0.25) is 0 Å². The quantitative estimate of drug-likeness (QED) is 0.846.